The van der Waals surface area contributed by atoms with Crippen LogP contribution in [-0.4, -0.2) is 6.54 Å². The molecule has 0 saturated heterocycles. The Balaban J connectivity index is 2.31. The molecule has 0 radical (unpaired) electrons. The fourth-order valence-corrected chi connectivity index (χ4v) is 3.09. The highest BCUT2D eigenvalue weighted by Gasteiger charge is 2.32. The van der Waals surface area contributed by atoms with Gasteiger partial charge in [-0.2, -0.15) is 0 Å². The van der Waals surface area contributed by atoms with E-state index in [1.807, 2.05) is 6.92 Å². The summed E-state index contributed by atoms with van der Waals surface area (Å²) >= 11 is 0. The van der Waals surface area contributed by atoms with Crippen molar-refractivity contribution in [2.24, 2.45) is 11.8 Å². The first kappa shape index (κ1) is 14.4. The molecule has 1 saturated carbocycles. The minimum absolute atomic E-state index is 0.231. The molecule has 0 aromatic heterocycles. The molecule has 19 heavy (non-hydrogen) atoms. The van der Waals surface area contributed by atoms with Crippen LogP contribution in [0, 0.1) is 29.3 Å². The van der Waals surface area contributed by atoms with Gasteiger partial charge in [0.15, 0.2) is 17.5 Å². The van der Waals surface area contributed by atoms with Crippen LogP contribution in [0.15, 0.2) is 12.1 Å². The highest BCUT2D eigenvalue weighted by molar-refractivity contribution is 5.24. The molecule has 0 spiro atoms. The molecule has 2 rings (SSSR count). The summed E-state index contributed by atoms with van der Waals surface area (Å²) in [4.78, 5) is 0. The molecule has 0 heterocycles. The fourth-order valence-electron chi connectivity index (χ4n) is 3.09. The number of hydrogen-bond acceptors (Lipinski definition) is 1. The van der Waals surface area contributed by atoms with Gasteiger partial charge < -0.3 is 5.32 Å². The quantitative estimate of drug-likeness (QED) is 0.810. The maximum Gasteiger partial charge on any atom is 0.194 e. The number of halogens is 3. The minimum Gasteiger partial charge on any atom is -0.310 e. The zero-order valence-electron chi connectivity index (χ0n) is 11.3. The molecular weight excluding hydrogens is 251 g/mol. The molecule has 1 aliphatic carbocycles. The van der Waals surface area contributed by atoms with Gasteiger partial charge in [-0.05, 0) is 37.3 Å². The molecule has 0 bridgehead atoms. The summed E-state index contributed by atoms with van der Waals surface area (Å²) in [6.07, 6.45) is 3.10. The number of nitrogens with one attached hydrogen (secondary N) is 1. The van der Waals surface area contributed by atoms with Gasteiger partial charge in [-0.3, -0.25) is 0 Å². The van der Waals surface area contributed by atoms with Crippen molar-refractivity contribution in [3.8, 4) is 0 Å². The Hall–Kier alpha value is -1.03. The van der Waals surface area contributed by atoms with Crippen LogP contribution in [0.5, 0.6) is 0 Å². The van der Waals surface area contributed by atoms with Gasteiger partial charge >= 0.3 is 0 Å². The van der Waals surface area contributed by atoms with Gasteiger partial charge in [0.1, 0.15) is 0 Å². The van der Waals surface area contributed by atoms with Crippen molar-refractivity contribution in [1.29, 1.82) is 0 Å². The van der Waals surface area contributed by atoms with Crippen molar-refractivity contribution in [2.75, 3.05) is 6.54 Å². The van der Waals surface area contributed by atoms with Crippen LogP contribution in [0.3, 0.4) is 0 Å². The van der Waals surface area contributed by atoms with Crippen LogP contribution in [0.4, 0.5) is 13.2 Å². The Morgan fingerprint density at radius 3 is 2.53 bits per heavy atom. The summed E-state index contributed by atoms with van der Waals surface area (Å²) in [7, 11) is 0. The topological polar surface area (TPSA) is 12.0 Å². The van der Waals surface area contributed by atoms with Crippen molar-refractivity contribution < 1.29 is 13.2 Å². The summed E-state index contributed by atoms with van der Waals surface area (Å²) in [6, 6.07) is 2.14. The average Bonchev–Trinajstić information content (AvgIpc) is 2.81. The molecule has 0 amide bonds. The van der Waals surface area contributed by atoms with Crippen LogP contribution in [0.25, 0.3) is 0 Å². The van der Waals surface area contributed by atoms with Crippen LogP contribution in [-0.2, 0) is 0 Å². The van der Waals surface area contributed by atoms with E-state index in [9.17, 15) is 13.2 Å². The fraction of sp³-hybridized carbons (Fsp3) is 0.600. The van der Waals surface area contributed by atoms with E-state index in [2.05, 4.69) is 12.2 Å². The van der Waals surface area contributed by atoms with Crippen molar-refractivity contribution in [3.05, 3.63) is 35.1 Å². The lowest BCUT2D eigenvalue weighted by Gasteiger charge is -2.25. The summed E-state index contributed by atoms with van der Waals surface area (Å²) in [6.45, 7) is 4.78. The van der Waals surface area contributed by atoms with Gasteiger partial charge in [0.05, 0.1) is 0 Å². The van der Waals surface area contributed by atoms with Crippen molar-refractivity contribution in [1.82, 2.24) is 5.32 Å². The molecule has 1 aromatic rings. The lowest BCUT2D eigenvalue weighted by atomic mass is 9.90. The highest BCUT2D eigenvalue weighted by Crippen LogP contribution is 2.39. The Bertz CT molecular complexity index is 447. The van der Waals surface area contributed by atoms with Crippen molar-refractivity contribution in [2.45, 2.75) is 39.2 Å². The molecule has 1 aliphatic rings. The molecule has 1 nitrogen and oxygen atoms in total. The van der Waals surface area contributed by atoms with Crippen LogP contribution in [0.2, 0.25) is 0 Å². The molecule has 3 unspecified atom stereocenters. The van der Waals surface area contributed by atoms with E-state index in [-0.39, 0.29) is 17.5 Å². The van der Waals surface area contributed by atoms with Gasteiger partial charge in [0, 0.05) is 11.6 Å². The van der Waals surface area contributed by atoms with Gasteiger partial charge in [0.25, 0.3) is 0 Å². The van der Waals surface area contributed by atoms with Crippen LogP contribution in [0.1, 0.15) is 44.7 Å². The van der Waals surface area contributed by atoms with Crippen molar-refractivity contribution >= 4 is 0 Å². The number of benzene rings is 1. The second-order valence-corrected chi connectivity index (χ2v) is 5.48. The van der Waals surface area contributed by atoms with Gasteiger partial charge in [-0.25, -0.2) is 13.2 Å². The molecule has 1 aromatic carbocycles. The van der Waals surface area contributed by atoms with E-state index in [1.165, 1.54) is 6.07 Å². The van der Waals surface area contributed by atoms with Crippen LogP contribution < -0.4 is 5.32 Å². The molecular formula is C15H20F3N. The third-order valence-corrected chi connectivity index (χ3v) is 4.03. The number of hydrogen-bond donors (Lipinski definition) is 1. The van der Waals surface area contributed by atoms with E-state index >= 15 is 0 Å². The highest BCUT2D eigenvalue weighted by atomic mass is 19.2. The van der Waals surface area contributed by atoms with Gasteiger partial charge in [-0.15, -0.1) is 0 Å². The maximum atomic E-state index is 13.9. The lowest BCUT2D eigenvalue weighted by molar-refractivity contribution is 0.345. The zero-order valence-corrected chi connectivity index (χ0v) is 11.3. The van der Waals surface area contributed by atoms with Gasteiger partial charge in [-0.1, -0.05) is 26.3 Å². The molecule has 1 fully saturated rings. The first-order chi connectivity index (χ1) is 9.04. The van der Waals surface area contributed by atoms with E-state index in [0.29, 0.717) is 12.5 Å². The summed E-state index contributed by atoms with van der Waals surface area (Å²) in [5.74, 6) is -2.65. The minimum atomic E-state index is -1.37. The standard InChI is InChI=1S/C15H20F3N/c1-3-19-15(10-5-4-9(2)8-10)11-6-7-12(16)14(18)13(11)17/h6-7,9-10,15,19H,3-5,8H2,1-2H3. The predicted octanol–water partition coefficient (Wildman–Crippen LogP) is 4.19. The van der Waals surface area contributed by atoms with E-state index in [4.69, 9.17) is 0 Å². The average molecular weight is 271 g/mol. The third kappa shape index (κ3) is 2.94. The summed E-state index contributed by atoms with van der Waals surface area (Å²) in [5.41, 5.74) is 0.250. The third-order valence-electron chi connectivity index (χ3n) is 4.03. The summed E-state index contributed by atoms with van der Waals surface area (Å²) in [5, 5.41) is 3.22. The Morgan fingerprint density at radius 2 is 1.95 bits per heavy atom. The number of rotatable bonds is 4. The smallest absolute Gasteiger partial charge is 0.194 e. The second kappa shape index (κ2) is 5.95. The normalized spacial score (nSPS) is 24.7. The van der Waals surface area contributed by atoms with E-state index in [0.717, 1.165) is 25.3 Å². The monoisotopic (exact) mass is 271 g/mol. The second-order valence-electron chi connectivity index (χ2n) is 5.48. The predicted molar refractivity (Wildman–Crippen MR) is 69.2 cm³/mol. The SMILES string of the molecule is CCNC(c1ccc(F)c(F)c1F)C1CCC(C)C1. The Labute approximate surface area is 112 Å². The van der Waals surface area contributed by atoms with E-state index < -0.39 is 17.5 Å². The first-order valence-electron chi connectivity index (χ1n) is 6.91. The largest absolute Gasteiger partial charge is 0.310 e. The maximum absolute atomic E-state index is 13.9. The van der Waals surface area contributed by atoms with Gasteiger partial charge in [0.2, 0.25) is 0 Å². The molecule has 1 N–H and O–H groups in total. The van der Waals surface area contributed by atoms with E-state index in [1.54, 1.807) is 0 Å². The first-order valence-corrected chi connectivity index (χ1v) is 6.91. The molecule has 3 atom stereocenters. The molecule has 0 aliphatic heterocycles. The lowest BCUT2D eigenvalue weighted by Crippen LogP contribution is -2.28. The molecule has 4 heteroatoms. The van der Waals surface area contributed by atoms with Crippen molar-refractivity contribution in [3.63, 3.8) is 0 Å². The van der Waals surface area contributed by atoms with Crippen LogP contribution >= 0.6 is 0 Å². The Kier molecular flexibility index (Phi) is 4.50. The zero-order chi connectivity index (χ0) is 14.0. The Morgan fingerprint density at radius 1 is 1.21 bits per heavy atom. The molecule has 106 valence electrons. The summed E-state index contributed by atoms with van der Waals surface area (Å²) < 4.78 is 40.3.